The summed E-state index contributed by atoms with van der Waals surface area (Å²) in [7, 11) is 1.61. The molecule has 2 aromatic carbocycles. The number of benzene rings is 2. The van der Waals surface area contributed by atoms with E-state index in [4.69, 9.17) is 4.74 Å². The number of rotatable bonds is 6. The Morgan fingerprint density at radius 1 is 1.16 bits per heavy atom. The molecule has 3 rings (SSSR count). The second-order valence-corrected chi connectivity index (χ2v) is 5.50. The van der Waals surface area contributed by atoms with Crippen molar-refractivity contribution in [3.05, 3.63) is 88.2 Å². The lowest BCUT2D eigenvalue weighted by Crippen LogP contribution is -2.24. The molecule has 1 aromatic heterocycles. The summed E-state index contributed by atoms with van der Waals surface area (Å²) in [6, 6.07) is 13.6. The first kappa shape index (κ1) is 16.7. The summed E-state index contributed by atoms with van der Waals surface area (Å²) in [5.41, 5.74) is 1.53. The van der Waals surface area contributed by atoms with Gasteiger partial charge in [0.15, 0.2) is 5.82 Å². The molecule has 128 valence electrons. The smallest absolute Gasteiger partial charge is 0.293 e. The van der Waals surface area contributed by atoms with E-state index in [1.165, 1.54) is 16.7 Å². The standard InChI is InChI=1S/C19H18FN3O2/c1-25-17-5-3-2-4-15(17)12-22-18-19(24)23(11-10-21-18)13-14-6-8-16(20)9-7-14/h2-11H,12-13H2,1H3,(H,21,22). The van der Waals surface area contributed by atoms with Crippen molar-refractivity contribution in [1.29, 1.82) is 0 Å². The predicted octanol–water partition coefficient (Wildman–Crippen LogP) is 3.05. The second kappa shape index (κ2) is 7.61. The fraction of sp³-hybridized carbons (Fsp3) is 0.158. The third-order valence-corrected chi connectivity index (χ3v) is 3.82. The van der Waals surface area contributed by atoms with Crippen LogP contribution in [-0.2, 0) is 13.1 Å². The number of nitrogens with zero attached hydrogens (tertiary/aromatic N) is 2. The van der Waals surface area contributed by atoms with Gasteiger partial charge in [-0.05, 0) is 23.8 Å². The van der Waals surface area contributed by atoms with E-state index in [0.29, 0.717) is 13.1 Å². The zero-order valence-corrected chi connectivity index (χ0v) is 13.8. The lowest BCUT2D eigenvalue weighted by Gasteiger charge is -2.11. The zero-order valence-electron chi connectivity index (χ0n) is 13.8. The number of anilines is 1. The summed E-state index contributed by atoms with van der Waals surface area (Å²) in [4.78, 5) is 16.7. The lowest BCUT2D eigenvalue weighted by molar-refractivity contribution is 0.410. The van der Waals surface area contributed by atoms with Crippen molar-refractivity contribution in [2.24, 2.45) is 0 Å². The minimum atomic E-state index is -0.301. The van der Waals surface area contributed by atoms with Crippen molar-refractivity contribution in [1.82, 2.24) is 9.55 Å². The van der Waals surface area contributed by atoms with Crippen LogP contribution in [0.3, 0.4) is 0 Å². The first-order valence-electron chi connectivity index (χ1n) is 7.83. The SMILES string of the molecule is COc1ccccc1CNc1nccn(Cc2ccc(F)cc2)c1=O. The van der Waals surface area contributed by atoms with Gasteiger partial charge in [-0.3, -0.25) is 4.79 Å². The van der Waals surface area contributed by atoms with Crippen LogP contribution in [0.15, 0.2) is 65.7 Å². The molecule has 0 bridgehead atoms. The molecule has 1 heterocycles. The van der Waals surface area contributed by atoms with Gasteiger partial charge in [-0.2, -0.15) is 0 Å². The molecule has 0 aliphatic heterocycles. The minimum absolute atomic E-state index is 0.235. The molecule has 0 saturated heterocycles. The van der Waals surface area contributed by atoms with Gasteiger partial charge in [-0.15, -0.1) is 0 Å². The number of hydrogen-bond donors (Lipinski definition) is 1. The van der Waals surface area contributed by atoms with Crippen LogP contribution < -0.4 is 15.6 Å². The Labute approximate surface area is 144 Å². The molecule has 0 atom stereocenters. The summed E-state index contributed by atoms with van der Waals surface area (Å²) in [6.45, 7) is 0.776. The fourth-order valence-electron chi connectivity index (χ4n) is 2.51. The quantitative estimate of drug-likeness (QED) is 0.750. The Balaban J connectivity index is 1.77. The predicted molar refractivity (Wildman–Crippen MR) is 94.3 cm³/mol. The first-order valence-corrected chi connectivity index (χ1v) is 7.83. The summed E-state index contributed by atoms with van der Waals surface area (Å²) < 4.78 is 19.8. The molecule has 0 saturated carbocycles. The Hall–Kier alpha value is -3.15. The molecule has 0 fully saturated rings. The van der Waals surface area contributed by atoms with Gasteiger partial charge in [-0.25, -0.2) is 9.37 Å². The van der Waals surface area contributed by atoms with Crippen LogP contribution in [0, 0.1) is 5.82 Å². The van der Waals surface area contributed by atoms with Gasteiger partial charge in [0.25, 0.3) is 5.56 Å². The lowest BCUT2D eigenvalue weighted by atomic mass is 10.2. The van der Waals surface area contributed by atoms with E-state index in [2.05, 4.69) is 10.3 Å². The molecule has 0 aliphatic carbocycles. The number of ether oxygens (including phenoxy) is 1. The topological polar surface area (TPSA) is 56.1 Å². The van der Waals surface area contributed by atoms with Crippen LogP contribution in [0.5, 0.6) is 5.75 Å². The van der Waals surface area contributed by atoms with Crippen LogP contribution in [0.25, 0.3) is 0 Å². The normalized spacial score (nSPS) is 10.5. The van der Waals surface area contributed by atoms with Gasteiger partial charge in [0.1, 0.15) is 11.6 Å². The highest BCUT2D eigenvalue weighted by atomic mass is 19.1. The summed E-state index contributed by atoms with van der Waals surface area (Å²) in [6.07, 6.45) is 3.18. The number of hydrogen-bond acceptors (Lipinski definition) is 4. The Bertz CT molecular complexity index is 907. The van der Waals surface area contributed by atoms with Gasteiger partial charge in [-0.1, -0.05) is 30.3 Å². The molecular weight excluding hydrogens is 321 g/mol. The highest BCUT2D eigenvalue weighted by Crippen LogP contribution is 2.17. The Morgan fingerprint density at radius 3 is 2.68 bits per heavy atom. The fourth-order valence-corrected chi connectivity index (χ4v) is 2.51. The van der Waals surface area contributed by atoms with Crippen molar-refractivity contribution in [2.45, 2.75) is 13.1 Å². The monoisotopic (exact) mass is 339 g/mol. The Morgan fingerprint density at radius 2 is 1.92 bits per heavy atom. The van der Waals surface area contributed by atoms with Crippen molar-refractivity contribution in [3.63, 3.8) is 0 Å². The maximum atomic E-state index is 13.0. The van der Waals surface area contributed by atoms with Crippen molar-refractivity contribution in [2.75, 3.05) is 12.4 Å². The highest BCUT2D eigenvalue weighted by Gasteiger charge is 2.07. The molecule has 0 aliphatic rings. The molecule has 25 heavy (non-hydrogen) atoms. The molecule has 0 unspecified atom stereocenters. The molecule has 6 heteroatoms. The van der Waals surface area contributed by atoms with E-state index < -0.39 is 0 Å². The highest BCUT2D eigenvalue weighted by molar-refractivity contribution is 5.38. The average molecular weight is 339 g/mol. The molecule has 0 spiro atoms. The van der Waals surface area contributed by atoms with Crippen molar-refractivity contribution < 1.29 is 9.13 Å². The van der Waals surface area contributed by atoms with Crippen LogP contribution in [0.1, 0.15) is 11.1 Å². The minimum Gasteiger partial charge on any atom is -0.496 e. The van der Waals surface area contributed by atoms with Crippen molar-refractivity contribution in [3.8, 4) is 5.75 Å². The van der Waals surface area contributed by atoms with Crippen molar-refractivity contribution >= 4 is 5.82 Å². The number of halogens is 1. The van der Waals surface area contributed by atoms with Crippen LogP contribution in [0.2, 0.25) is 0 Å². The van der Waals surface area contributed by atoms with Gasteiger partial charge in [0.2, 0.25) is 0 Å². The van der Waals surface area contributed by atoms with Gasteiger partial charge >= 0.3 is 0 Å². The van der Waals surface area contributed by atoms with E-state index >= 15 is 0 Å². The van der Waals surface area contributed by atoms with E-state index in [1.807, 2.05) is 24.3 Å². The average Bonchev–Trinajstić information content (AvgIpc) is 2.64. The summed E-state index contributed by atoms with van der Waals surface area (Å²) in [5, 5.41) is 3.05. The second-order valence-electron chi connectivity index (χ2n) is 5.50. The maximum Gasteiger partial charge on any atom is 0.293 e. The van der Waals surface area contributed by atoms with E-state index in [-0.39, 0.29) is 17.2 Å². The van der Waals surface area contributed by atoms with Gasteiger partial charge in [0, 0.05) is 24.5 Å². The van der Waals surface area contributed by atoms with Gasteiger partial charge < -0.3 is 14.6 Å². The summed E-state index contributed by atoms with van der Waals surface area (Å²) >= 11 is 0. The van der Waals surface area contributed by atoms with E-state index in [1.54, 1.807) is 31.6 Å². The first-order chi connectivity index (χ1) is 12.2. The third kappa shape index (κ3) is 4.03. The Kier molecular flexibility index (Phi) is 5.09. The van der Waals surface area contributed by atoms with Crippen LogP contribution >= 0.6 is 0 Å². The molecule has 3 aromatic rings. The molecule has 1 N–H and O–H groups in total. The zero-order chi connectivity index (χ0) is 17.6. The van der Waals surface area contributed by atoms with Gasteiger partial charge in [0.05, 0.1) is 13.7 Å². The number of aromatic nitrogens is 2. The summed E-state index contributed by atoms with van der Waals surface area (Å²) in [5.74, 6) is 0.707. The molecular formula is C19H18FN3O2. The third-order valence-electron chi connectivity index (χ3n) is 3.82. The molecule has 0 radical (unpaired) electrons. The van der Waals surface area contributed by atoms with Crippen LogP contribution in [0.4, 0.5) is 10.2 Å². The largest absolute Gasteiger partial charge is 0.496 e. The number of methoxy groups -OCH3 is 1. The number of nitrogens with one attached hydrogen (secondary N) is 1. The molecule has 5 nitrogen and oxygen atoms in total. The maximum absolute atomic E-state index is 13.0. The van der Waals surface area contributed by atoms with E-state index in [9.17, 15) is 9.18 Å². The van der Waals surface area contributed by atoms with E-state index in [0.717, 1.165) is 16.9 Å². The number of para-hydroxylation sites is 1. The molecule has 0 amide bonds. The van der Waals surface area contributed by atoms with Crippen LogP contribution in [-0.4, -0.2) is 16.7 Å².